The van der Waals surface area contributed by atoms with Crippen LogP contribution >= 0.6 is 22.9 Å². The van der Waals surface area contributed by atoms with Gasteiger partial charge in [0.1, 0.15) is 5.56 Å². The molecule has 22 heavy (non-hydrogen) atoms. The largest absolute Gasteiger partial charge is 0.337 e. The van der Waals surface area contributed by atoms with E-state index >= 15 is 0 Å². The number of aromatic nitrogens is 2. The Labute approximate surface area is 135 Å². The maximum Gasteiger partial charge on any atom is 0.271 e. The quantitative estimate of drug-likeness (QED) is 0.740. The third kappa shape index (κ3) is 2.63. The Morgan fingerprint density at radius 3 is 2.95 bits per heavy atom. The zero-order chi connectivity index (χ0) is 15.7. The summed E-state index contributed by atoms with van der Waals surface area (Å²) in [6.07, 6.45) is 2.94. The molecule has 0 spiro atoms. The van der Waals surface area contributed by atoms with Gasteiger partial charge in [0.25, 0.3) is 11.5 Å². The molecule has 0 aliphatic carbocycles. The molecule has 0 radical (unpaired) electrons. The molecule has 0 N–H and O–H groups in total. The Balaban J connectivity index is 1.90. The van der Waals surface area contributed by atoms with Crippen LogP contribution in [0, 0.1) is 0 Å². The normalized spacial score (nSPS) is 10.8. The van der Waals surface area contributed by atoms with E-state index in [1.807, 2.05) is 18.2 Å². The Hall–Kier alpha value is -2.18. The predicted molar refractivity (Wildman–Crippen MR) is 86.6 cm³/mol. The first-order valence-corrected chi connectivity index (χ1v) is 7.77. The van der Waals surface area contributed by atoms with Crippen molar-refractivity contribution in [3.05, 3.63) is 68.5 Å². The molecule has 0 saturated carbocycles. The van der Waals surface area contributed by atoms with E-state index in [2.05, 4.69) is 4.98 Å². The minimum atomic E-state index is -0.377. The second-order valence-electron chi connectivity index (χ2n) is 4.79. The van der Waals surface area contributed by atoms with Crippen LogP contribution in [-0.4, -0.2) is 27.2 Å². The summed E-state index contributed by atoms with van der Waals surface area (Å²) < 4.78 is 1.38. The highest BCUT2D eigenvalue weighted by molar-refractivity contribution is 7.15. The molecular weight excluding hydrogens is 322 g/mol. The predicted octanol–water partition coefficient (Wildman–Crippen LogP) is 2.68. The van der Waals surface area contributed by atoms with Crippen molar-refractivity contribution in [2.45, 2.75) is 6.54 Å². The van der Waals surface area contributed by atoms with Crippen molar-refractivity contribution in [1.82, 2.24) is 14.3 Å². The molecule has 2 heterocycles. The van der Waals surface area contributed by atoms with Crippen LogP contribution in [0.25, 0.3) is 4.96 Å². The molecule has 0 bridgehead atoms. The number of carbonyl (C=O) groups is 1. The molecule has 3 rings (SSSR count). The maximum absolute atomic E-state index is 12.5. The summed E-state index contributed by atoms with van der Waals surface area (Å²) in [6.45, 7) is 0.324. The molecule has 2 aromatic heterocycles. The SMILES string of the molecule is CN(Cc1ccccc1Cl)C(=O)c1cnc2sccn2c1=O. The summed E-state index contributed by atoms with van der Waals surface area (Å²) in [4.78, 5) is 31.0. The van der Waals surface area contributed by atoms with E-state index in [-0.39, 0.29) is 17.0 Å². The van der Waals surface area contributed by atoms with Gasteiger partial charge < -0.3 is 4.90 Å². The summed E-state index contributed by atoms with van der Waals surface area (Å²) >= 11 is 7.44. The molecule has 0 aliphatic heterocycles. The summed E-state index contributed by atoms with van der Waals surface area (Å²) in [5, 5.41) is 2.34. The minimum Gasteiger partial charge on any atom is -0.337 e. The lowest BCUT2D eigenvalue weighted by Crippen LogP contribution is -2.32. The van der Waals surface area contributed by atoms with Gasteiger partial charge in [-0.05, 0) is 11.6 Å². The van der Waals surface area contributed by atoms with Gasteiger partial charge in [-0.1, -0.05) is 29.8 Å². The number of hydrogen-bond acceptors (Lipinski definition) is 4. The van der Waals surface area contributed by atoms with E-state index in [4.69, 9.17) is 11.6 Å². The minimum absolute atomic E-state index is 0.0467. The Bertz CT molecular complexity index is 903. The van der Waals surface area contributed by atoms with Gasteiger partial charge in [0.05, 0.1) is 0 Å². The zero-order valence-electron chi connectivity index (χ0n) is 11.7. The van der Waals surface area contributed by atoms with Crippen LogP contribution in [0.5, 0.6) is 0 Å². The second-order valence-corrected chi connectivity index (χ2v) is 6.07. The van der Waals surface area contributed by atoms with E-state index in [0.29, 0.717) is 16.5 Å². The summed E-state index contributed by atoms with van der Waals surface area (Å²) in [6, 6.07) is 7.30. The van der Waals surface area contributed by atoms with Crippen LogP contribution in [0.3, 0.4) is 0 Å². The van der Waals surface area contributed by atoms with Crippen LogP contribution in [-0.2, 0) is 6.54 Å². The van der Waals surface area contributed by atoms with Crippen molar-refractivity contribution >= 4 is 33.8 Å². The lowest BCUT2D eigenvalue weighted by Gasteiger charge is -2.17. The van der Waals surface area contributed by atoms with Crippen molar-refractivity contribution in [3.63, 3.8) is 0 Å². The lowest BCUT2D eigenvalue weighted by molar-refractivity contribution is 0.0783. The average Bonchev–Trinajstić information content (AvgIpc) is 2.99. The summed E-state index contributed by atoms with van der Waals surface area (Å²) in [5.41, 5.74) is 0.511. The Kier molecular flexibility index (Phi) is 3.96. The molecule has 1 amide bonds. The van der Waals surface area contributed by atoms with Gasteiger partial charge in [0.2, 0.25) is 0 Å². The number of benzene rings is 1. The van der Waals surface area contributed by atoms with Gasteiger partial charge in [-0.3, -0.25) is 14.0 Å². The fraction of sp³-hybridized carbons (Fsp3) is 0.133. The Morgan fingerprint density at radius 1 is 1.41 bits per heavy atom. The fourth-order valence-electron chi connectivity index (χ4n) is 2.13. The first-order chi connectivity index (χ1) is 10.6. The van der Waals surface area contributed by atoms with E-state index in [0.717, 1.165) is 5.56 Å². The van der Waals surface area contributed by atoms with Crippen molar-refractivity contribution < 1.29 is 4.79 Å². The van der Waals surface area contributed by atoms with E-state index < -0.39 is 0 Å². The van der Waals surface area contributed by atoms with Gasteiger partial charge in [-0.2, -0.15) is 0 Å². The second kappa shape index (κ2) is 5.90. The number of rotatable bonds is 3. The van der Waals surface area contributed by atoms with Gasteiger partial charge in [-0.15, -0.1) is 11.3 Å². The van der Waals surface area contributed by atoms with E-state index in [1.165, 1.54) is 26.8 Å². The number of hydrogen-bond donors (Lipinski definition) is 0. The van der Waals surface area contributed by atoms with Crippen LogP contribution in [0.4, 0.5) is 0 Å². The first-order valence-electron chi connectivity index (χ1n) is 6.51. The molecule has 0 unspecified atom stereocenters. The number of thiazole rings is 1. The van der Waals surface area contributed by atoms with Crippen LogP contribution in [0.2, 0.25) is 5.02 Å². The van der Waals surface area contributed by atoms with E-state index in [9.17, 15) is 9.59 Å². The Morgan fingerprint density at radius 2 is 2.18 bits per heavy atom. The number of halogens is 1. The van der Waals surface area contributed by atoms with Crippen molar-refractivity contribution in [2.75, 3.05) is 7.05 Å². The number of carbonyl (C=O) groups excluding carboxylic acids is 1. The van der Waals surface area contributed by atoms with E-state index in [1.54, 1.807) is 24.7 Å². The van der Waals surface area contributed by atoms with Crippen molar-refractivity contribution in [3.8, 4) is 0 Å². The molecular formula is C15H12ClN3O2S. The first kappa shape index (κ1) is 14.7. The zero-order valence-corrected chi connectivity index (χ0v) is 13.3. The monoisotopic (exact) mass is 333 g/mol. The van der Waals surface area contributed by atoms with Crippen LogP contribution in [0.1, 0.15) is 15.9 Å². The smallest absolute Gasteiger partial charge is 0.271 e. The number of fused-ring (bicyclic) bond motifs is 1. The molecule has 3 aromatic rings. The number of nitrogens with zero attached hydrogens (tertiary/aromatic N) is 3. The molecule has 0 atom stereocenters. The number of amides is 1. The van der Waals surface area contributed by atoms with Crippen LogP contribution < -0.4 is 5.56 Å². The molecule has 5 nitrogen and oxygen atoms in total. The highest BCUT2D eigenvalue weighted by Gasteiger charge is 2.18. The standard InChI is InChI=1S/C15H12ClN3O2S/c1-18(9-10-4-2-3-5-12(10)16)13(20)11-8-17-15-19(14(11)21)6-7-22-15/h2-8H,9H2,1H3. The molecule has 7 heteroatoms. The maximum atomic E-state index is 12.5. The topological polar surface area (TPSA) is 54.7 Å². The average molecular weight is 334 g/mol. The van der Waals surface area contributed by atoms with Crippen molar-refractivity contribution in [2.24, 2.45) is 0 Å². The van der Waals surface area contributed by atoms with Gasteiger partial charge >= 0.3 is 0 Å². The molecule has 0 aliphatic rings. The van der Waals surface area contributed by atoms with Crippen LogP contribution in [0.15, 0.2) is 46.8 Å². The summed E-state index contributed by atoms with van der Waals surface area (Å²) in [7, 11) is 1.63. The third-order valence-electron chi connectivity index (χ3n) is 3.29. The third-order valence-corrected chi connectivity index (χ3v) is 4.42. The lowest BCUT2D eigenvalue weighted by atomic mass is 10.2. The molecule has 0 saturated heterocycles. The molecule has 1 aromatic carbocycles. The van der Waals surface area contributed by atoms with Crippen molar-refractivity contribution in [1.29, 1.82) is 0 Å². The fourth-order valence-corrected chi connectivity index (χ4v) is 3.00. The molecule has 112 valence electrons. The summed E-state index contributed by atoms with van der Waals surface area (Å²) in [5.74, 6) is -0.377. The van der Waals surface area contributed by atoms with Gasteiger partial charge in [0, 0.05) is 36.4 Å². The molecule has 0 fully saturated rings. The van der Waals surface area contributed by atoms with Gasteiger partial charge in [-0.25, -0.2) is 4.98 Å². The highest BCUT2D eigenvalue weighted by Crippen LogP contribution is 2.17. The highest BCUT2D eigenvalue weighted by atomic mass is 35.5. The van der Waals surface area contributed by atoms with Gasteiger partial charge in [0.15, 0.2) is 4.96 Å².